The van der Waals surface area contributed by atoms with Gasteiger partial charge in [-0.2, -0.15) is 0 Å². The first-order valence-electron chi connectivity index (χ1n) is 5.28. The van der Waals surface area contributed by atoms with Crippen molar-refractivity contribution in [3.05, 3.63) is 59.4 Å². The van der Waals surface area contributed by atoms with Gasteiger partial charge in [0.1, 0.15) is 5.76 Å². The number of hydrogen-bond acceptors (Lipinski definition) is 1. The molecule has 72 valence electrons. The van der Waals surface area contributed by atoms with Gasteiger partial charge in [0.25, 0.3) is 0 Å². The van der Waals surface area contributed by atoms with Gasteiger partial charge in [-0.3, -0.25) is 0 Å². The van der Waals surface area contributed by atoms with Crippen LogP contribution in [0.15, 0.2) is 48.3 Å². The molecule has 1 aromatic rings. The predicted octanol–water partition coefficient (Wildman–Crippen LogP) is 3.15. The summed E-state index contributed by atoms with van der Waals surface area (Å²) in [6, 6.07) is 8.49. The highest BCUT2D eigenvalue weighted by Crippen LogP contribution is 2.58. The Hall–Kier alpha value is -1.76. The predicted molar refractivity (Wildman–Crippen MR) is 60.0 cm³/mol. The van der Waals surface area contributed by atoms with Crippen LogP contribution in [0.4, 0.5) is 0 Å². The summed E-state index contributed by atoms with van der Waals surface area (Å²) in [5, 5.41) is 0. The van der Waals surface area contributed by atoms with E-state index in [2.05, 4.69) is 48.6 Å². The van der Waals surface area contributed by atoms with Gasteiger partial charge < -0.3 is 4.74 Å². The third-order valence-electron chi connectivity index (χ3n) is 3.42. The first-order chi connectivity index (χ1) is 7.40. The number of benzene rings is 1. The maximum absolute atomic E-state index is 5.79. The lowest BCUT2D eigenvalue weighted by molar-refractivity contribution is 0.372. The summed E-state index contributed by atoms with van der Waals surface area (Å²) < 4.78 is 5.79. The van der Waals surface area contributed by atoms with E-state index in [0.717, 1.165) is 12.2 Å². The van der Waals surface area contributed by atoms with Crippen molar-refractivity contribution in [3.8, 4) is 0 Å². The molecule has 4 rings (SSSR count). The summed E-state index contributed by atoms with van der Waals surface area (Å²) in [7, 11) is 0. The summed E-state index contributed by atoms with van der Waals surface area (Å²) in [4.78, 5) is 0. The van der Waals surface area contributed by atoms with Crippen LogP contribution in [-0.2, 0) is 4.74 Å². The molecule has 1 spiro atoms. The molecule has 0 radical (unpaired) electrons. The fourth-order valence-electron chi connectivity index (χ4n) is 2.60. The van der Waals surface area contributed by atoms with Gasteiger partial charge in [0.05, 0.1) is 0 Å². The van der Waals surface area contributed by atoms with Crippen molar-refractivity contribution < 1.29 is 4.74 Å². The minimum atomic E-state index is -0.0803. The summed E-state index contributed by atoms with van der Waals surface area (Å²) >= 11 is 0. The molecule has 0 aromatic heterocycles. The summed E-state index contributed by atoms with van der Waals surface area (Å²) in [6.07, 6.45) is 9.65. The Labute approximate surface area is 88.4 Å². The van der Waals surface area contributed by atoms with E-state index in [0.29, 0.717) is 0 Å². The van der Waals surface area contributed by atoms with Crippen molar-refractivity contribution in [2.75, 3.05) is 0 Å². The Morgan fingerprint density at radius 1 is 1.20 bits per heavy atom. The van der Waals surface area contributed by atoms with E-state index in [1.807, 2.05) is 0 Å². The van der Waals surface area contributed by atoms with E-state index in [4.69, 9.17) is 4.74 Å². The Kier molecular flexibility index (Phi) is 1.13. The number of allylic oxidation sites excluding steroid dienone is 2. The molecule has 0 saturated carbocycles. The fourth-order valence-corrected chi connectivity index (χ4v) is 2.60. The van der Waals surface area contributed by atoms with E-state index in [-0.39, 0.29) is 5.60 Å². The van der Waals surface area contributed by atoms with Gasteiger partial charge in [-0.1, -0.05) is 42.5 Å². The zero-order valence-electron chi connectivity index (χ0n) is 8.23. The molecule has 1 heteroatoms. The first kappa shape index (κ1) is 7.52. The summed E-state index contributed by atoms with van der Waals surface area (Å²) in [6.45, 7) is 0. The molecule has 0 amide bonds. The number of epoxide rings is 1. The SMILES string of the molecule is C1=CCC23OC2=Cc2ccccc2C3=C1. The molecule has 3 aliphatic rings. The van der Waals surface area contributed by atoms with Crippen LogP contribution in [0.3, 0.4) is 0 Å². The Bertz CT molecular complexity index is 548. The lowest BCUT2D eigenvalue weighted by atomic mass is 9.80. The van der Waals surface area contributed by atoms with Crippen LogP contribution in [0, 0.1) is 0 Å². The van der Waals surface area contributed by atoms with Gasteiger partial charge in [-0.25, -0.2) is 0 Å². The van der Waals surface area contributed by atoms with Gasteiger partial charge in [0.2, 0.25) is 0 Å². The zero-order chi connectivity index (χ0) is 9.88. The molecule has 1 fully saturated rings. The molecule has 0 bridgehead atoms. The average Bonchev–Trinajstić information content (AvgIpc) is 2.97. The smallest absolute Gasteiger partial charge is 0.194 e. The molecule has 2 aliphatic carbocycles. The Morgan fingerprint density at radius 2 is 2.13 bits per heavy atom. The second kappa shape index (κ2) is 2.25. The second-order valence-electron chi connectivity index (χ2n) is 4.24. The molecular formula is C14H10O. The highest BCUT2D eigenvalue weighted by molar-refractivity contribution is 5.91. The molecule has 1 unspecified atom stereocenters. The standard InChI is InChI=1S/C14H10O/c1-2-6-11-10(5-1)9-13-14(15-13)8-4-3-7-12(11)14/h1-7,9H,8H2. The number of rotatable bonds is 0. The fraction of sp³-hybridized carbons (Fsp3) is 0.143. The highest BCUT2D eigenvalue weighted by atomic mass is 16.6. The third kappa shape index (κ3) is 0.793. The topological polar surface area (TPSA) is 12.5 Å². The molecule has 1 heterocycles. The van der Waals surface area contributed by atoms with Crippen LogP contribution in [0.5, 0.6) is 0 Å². The minimum absolute atomic E-state index is 0.0803. The lowest BCUT2D eigenvalue weighted by Gasteiger charge is -2.20. The second-order valence-corrected chi connectivity index (χ2v) is 4.24. The van der Waals surface area contributed by atoms with Crippen molar-refractivity contribution in [1.82, 2.24) is 0 Å². The van der Waals surface area contributed by atoms with Crippen LogP contribution >= 0.6 is 0 Å². The maximum Gasteiger partial charge on any atom is 0.194 e. The van der Waals surface area contributed by atoms with Crippen molar-refractivity contribution >= 4 is 11.6 Å². The molecule has 1 saturated heterocycles. The van der Waals surface area contributed by atoms with E-state index in [1.165, 1.54) is 16.7 Å². The van der Waals surface area contributed by atoms with Crippen LogP contribution in [0.2, 0.25) is 0 Å². The van der Waals surface area contributed by atoms with Gasteiger partial charge in [0.15, 0.2) is 5.60 Å². The maximum atomic E-state index is 5.79. The normalized spacial score (nSPS) is 29.1. The Balaban J connectivity index is 2.05. The van der Waals surface area contributed by atoms with Crippen LogP contribution in [-0.4, -0.2) is 5.60 Å². The molecule has 15 heavy (non-hydrogen) atoms. The Morgan fingerprint density at radius 3 is 3.13 bits per heavy atom. The van der Waals surface area contributed by atoms with Crippen molar-refractivity contribution in [1.29, 1.82) is 0 Å². The summed E-state index contributed by atoms with van der Waals surface area (Å²) in [5.41, 5.74) is 3.85. The largest absolute Gasteiger partial charge is 0.474 e. The van der Waals surface area contributed by atoms with Gasteiger partial charge >= 0.3 is 0 Å². The minimum Gasteiger partial charge on any atom is -0.474 e. The first-order valence-corrected chi connectivity index (χ1v) is 5.28. The van der Waals surface area contributed by atoms with Crippen molar-refractivity contribution in [2.24, 2.45) is 0 Å². The van der Waals surface area contributed by atoms with Crippen LogP contribution in [0.25, 0.3) is 11.6 Å². The van der Waals surface area contributed by atoms with Gasteiger partial charge in [-0.05, 0) is 17.2 Å². The van der Waals surface area contributed by atoms with E-state index in [1.54, 1.807) is 0 Å². The number of ether oxygens (including phenoxy) is 1. The lowest BCUT2D eigenvalue weighted by Crippen LogP contribution is -2.16. The van der Waals surface area contributed by atoms with E-state index < -0.39 is 0 Å². The van der Waals surface area contributed by atoms with Gasteiger partial charge in [-0.15, -0.1) is 0 Å². The monoisotopic (exact) mass is 194 g/mol. The van der Waals surface area contributed by atoms with Crippen LogP contribution in [0.1, 0.15) is 17.5 Å². The van der Waals surface area contributed by atoms with Crippen molar-refractivity contribution in [2.45, 2.75) is 12.0 Å². The quantitative estimate of drug-likeness (QED) is 0.578. The molecule has 0 N–H and O–H groups in total. The van der Waals surface area contributed by atoms with Crippen LogP contribution < -0.4 is 0 Å². The molecule has 1 aliphatic heterocycles. The zero-order valence-corrected chi connectivity index (χ0v) is 8.23. The molecule has 1 atom stereocenters. The van der Waals surface area contributed by atoms with Crippen molar-refractivity contribution in [3.63, 3.8) is 0 Å². The number of hydrogen-bond donors (Lipinski definition) is 0. The highest BCUT2D eigenvalue weighted by Gasteiger charge is 2.57. The third-order valence-corrected chi connectivity index (χ3v) is 3.42. The average molecular weight is 194 g/mol. The van der Waals surface area contributed by atoms with Gasteiger partial charge in [0, 0.05) is 12.0 Å². The molecular weight excluding hydrogens is 184 g/mol. The molecule has 1 nitrogen and oxygen atoms in total. The van der Waals surface area contributed by atoms with E-state index in [9.17, 15) is 0 Å². The summed E-state index contributed by atoms with van der Waals surface area (Å²) in [5.74, 6) is 1.14. The molecule has 1 aromatic carbocycles. The van der Waals surface area contributed by atoms with E-state index >= 15 is 0 Å². The number of fused-ring (bicyclic) bond motifs is 2.